The van der Waals surface area contributed by atoms with Crippen molar-refractivity contribution in [2.75, 3.05) is 18.1 Å². The predicted molar refractivity (Wildman–Crippen MR) is 109 cm³/mol. The number of ether oxygens (including phenoxy) is 1. The Morgan fingerprint density at radius 2 is 1.86 bits per heavy atom. The van der Waals surface area contributed by atoms with Crippen molar-refractivity contribution in [2.45, 2.75) is 25.8 Å². The highest BCUT2D eigenvalue weighted by atomic mass is 16.5. The number of hydrogen-bond acceptors (Lipinski definition) is 5. The number of aryl methyl sites for hydroxylation is 2. The van der Waals surface area contributed by atoms with Crippen LogP contribution in [0.3, 0.4) is 0 Å². The van der Waals surface area contributed by atoms with Crippen LogP contribution >= 0.6 is 0 Å². The van der Waals surface area contributed by atoms with Crippen LogP contribution in [-0.2, 0) is 27.3 Å². The number of carbonyl (C=O) groups is 2. The number of anilines is 1. The number of amides is 1. The number of esters is 1. The molecule has 0 aliphatic carbocycles. The van der Waals surface area contributed by atoms with E-state index in [1.54, 1.807) is 23.1 Å². The highest BCUT2D eigenvalue weighted by Crippen LogP contribution is 2.26. The number of para-hydroxylation sites is 2. The molecule has 29 heavy (non-hydrogen) atoms. The number of carbonyl (C=O) groups excluding carboxylic acids is 2. The van der Waals surface area contributed by atoms with Crippen molar-refractivity contribution in [1.82, 2.24) is 9.55 Å². The van der Waals surface area contributed by atoms with Gasteiger partial charge >= 0.3 is 5.97 Å². The third-order valence-corrected chi connectivity index (χ3v) is 5.06. The van der Waals surface area contributed by atoms with E-state index in [0.717, 1.165) is 24.1 Å². The normalized spacial score (nSPS) is 13.2. The van der Waals surface area contributed by atoms with Crippen LogP contribution in [0.5, 0.6) is 0 Å². The van der Waals surface area contributed by atoms with Crippen LogP contribution in [0.15, 0.2) is 59.7 Å². The molecule has 2 heterocycles. The van der Waals surface area contributed by atoms with Crippen molar-refractivity contribution < 1.29 is 14.3 Å². The summed E-state index contributed by atoms with van der Waals surface area (Å²) in [6.45, 7) is 0.458. The molecule has 0 spiro atoms. The van der Waals surface area contributed by atoms with E-state index in [0.29, 0.717) is 17.4 Å². The minimum Gasteiger partial charge on any atom is -0.455 e. The lowest BCUT2D eigenvalue weighted by Gasteiger charge is -2.29. The van der Waals surface area contributed by atoms with Gasteiger partial charge in [0.1, 0.15) is 0 Å². The maximum Gasteiger partial charge on any atom is 0.308 e. The van der Waals surface area contributed by atoms with Gasteiger partial charge in [-0.3, -0.25) is 19.0 Å². The van der Waals surface area contributed by atoms with Crippen molar-refractivity contribution in [2.24, 2.45) is 0 Å². The number of benzene rings is 2. The summed E-state index contributed by atoms with van der Waals surface area (Å²) in [6, 6.07) is 14.8. The summed E-state index contributed by atoms with van der Waals surface area (Å²) < 4.78 is 6.54. The van der Waals surface area contributed by atoms with Crippen LogP contribution < -0.4 is 10.5 Å². The fourth-order valence-electron chi connectivity index (χ4n) is 3.56. The molecular weight excluding hydrogens is 370 g/mol. The second-order valence-electron chi connectivity index (χ2n) is 6.95. The zero-order valence-electron chi connectivity index (χ0n) is 15.9. The number of nitrogens with zero attached hydrogens (tertiary/aromatic N) is 3. The molecule has 1 aromatic heterocycles. The zero-order chi connectivity index (χ0) is 20.2. The predicted octanol–water partition coefficient (Wildman–Crippen LogP) is 2.31. The summed E-state index contributed by atoms with van der Waals surface area (Å²) in [4.78, 5) is 43.0. The second kappa shape index (κ2) is 8.26. The minimum absolute atomic E-state index is 0.0101. The molecule has 1 aliphatic rings. The third-order valence-electron chi connectivity index (χ3n) is 5.06. The second-order valence-corrected chi connectivity index (χ2v) is 6.95. The smallest absolute Gasteiger partial charge is 0.308 e. The third kappa shape index (κ3) is 4.03. The summed E-state index contributed by atoms with van der Waals surface area (Å²) >= 11 is 0. The van der Waals surface area contributed by atoms with Gasteiger partial charge in [0.25, 0.3) is 11.5 Å². The molecule has 2 aromatic carbocycles. The van der Waals surface area contributed by atoms with Crippen molar-refractivity contribution in [1.29, 1.82) is 0 Å². The molecule has 0 unspecified atom stereocenters. The molecule has 0 atom stereocenters. The van der Waals surface area contributed by atoms with Crippen molar-refractivity contribution >= 4 is 28.5 Å². The quantitative estimate of drug-likeness (QED) is 0.624. The standard InChI is InChI=1S/C22H21N3O4/c26-20(25-12-5-7-16-6-1-4-10-19(16)25)14-29-21(27)11-13-24-15-23-18-9-3-2-8-17(18)22(24)28/h1-4,6,8-10,15H,5,7,11-14H2. The SMILES string of the molecule is O=C(CCn1cnc2ccccc2c1=O)OCC(=O)N1CCCc2ccccc21. The number of hydrogen-bond donors (Lipinski definition) is 0. The average Bonchev–Trinajstić information content (AvgIpc) is 2.76. The molecule has 7 heteroatoms. The lowest BCUT2D eigenvalue weighted by atomic mass is 10.0. The lowest BCUT2D eigenvalue weighted by Crippen LogP contribution is -2.38. The van der Waals surface area contributed by atoms with Gasteiger partial charge in [-0.25, -0.2) is 4.98 Å². The van der Waals surface area contributed by atoms with E-state index >= 15 is 0 Å². The Bertz CT molecular complexity index is 1120. The Kier molecular flexibility index (Phi) is 5.37. The Morgan fingerprint density at radius 1 is 1.07 bits per heavy atom. The van der Waals surface area contributed by atoms with E-state index in [4.69, 9.17) is 4.74 Å². The number of aromatic nitrogens is 2. The molecule has 0 N–H and O–H groups in total. The van der Waals surface area contributed by atoms with Crippen LogP contribution in [0.1, 0.15) is 18.4 Å². The molecule has 7 nitrogen and oxygen atoms in total. The van der Waals surface area contributed by atoms with Gasteiger partial charge in [-0.15, -0.1) is 0 Å². The van der Waals surface area contributed by atoms with Crippen LogP contribution in [0.2, 0.25) is 0 Å². The van der Waals surface area contributed by atoms with Crippen LogP contribution in [0, 0.1) is 0 Å². The molecule has 0 radical (unpaired) electrons. The van der Waals surface area contributed by atoms with Crippen molar-refractivity contribution in [3.05, 3.63) is 70.8 Å². The maximum absolute atomic E-state index is 12.5. The summed E-state index contributed by atoms with van der Waals surface area (Å²) in [7, 11) is 0. The molecule has 148 valence electrons. The average molecular weight is 391 g/mol. The van der Waals surface area contributed by atoms with Gasteiger partial charge < -0.3 is 9.64 Å². The fourth-order valence-corrected chi connectivity index (χ4v) is 3.56. The molecule has 0 bridgehead atoms. The van der Waals surface area contributed by atoms with Crippen LogP contribution in [0.4, 0.5) is 5.69 Å². The lowest BCUT2D eigenvalue weighted by molar-refractivity contribution is -0.148. The highest BCUT2D eigenvalue weighted by molar-refractivity contribution is 5.96. The maximum atomic E-state index is 12.5. The highest BCUT2D eigenvalue weighted by Gasteiger charge is 2.23. The summed E-state index contributed by atoms with van der Waals surface area (Å²) in [5.41, 5.74) is 2.42. The first-order valence-corrected chi connectivity index (χ1v) is 9.61. The van der Waals surface area contributed by atoms with Crippen molar-refractivity contribution in [3.63, 3.8) is 0 Å². The summed E-state index contributed by atoms with van der Waals surface area (Å²) in [5.74, 6) is -0.765. The fraction of sp³-hybridized carbons (Fsp3) is 0.273. The molecule has 3 aromatic rings. The molecule has 4 rings (SSSR count). The molecule has 0 fully saturated rings. The molecule has 0 saturated carbocycles. The van der Waals surface area contributed by atoms with Gasteiger partial charge in [-0.05, 0) is 36.6 Å². The summed E-state index contributed by atoms with van der Waals surface area (Å²) in [5, 5.41) is 0.502. The Morgan fingerprint density at radius 3 is 2.76 bits per heavy atom. The minimum atomic E-state index is -0.524. The first-order valence-electron chi connectivity index (χ1n) is 9.61. The van der Waals surface area contributed by atoms with E-state index in [-0.39, 0.29) is 31.0 Å². The van der Waals surface area contributed by atoms with E-state index in [1.165, 1.54) is 10.9 Å². The zero-order valence-corrected chi connectivity index (χ0v) is 15.9. The Hall–Kier alpha value is -3.48. The first-order chi connectivity index (χ1) is 14.1. The van der Waals surface area contributed by atoms with E-state index < -0.39 is 5.97 Å². The molecule has 1 amide bonds. The molecule has 1 aliphatic heterocycles. The Balaban J connectivity index is 1.34. The van der Waals surface area contributed by atoms with Gasteiger partial charge in [-0.1, -0.05) is 30.3 Å². The van der Waals surface area contributed by atoms with Crippen LogP contribution in [-0.4, -0.2) is 34.6 Å². The van der Waals surface area contributed by atoms with Gasteiger partial charge in [0.2, 0.25) is 0 Å². The van der Waals surface area contributed by atoms with Gasteiger partial charge in [0, 0.05) is 18.8 Å². The van der Waals surface area contributed by atoms with E-state index in [9.17, 15) is 14.4 Å². The van der Waals surface area contributed by atoms with E-state index in [1.807, 2.05) is 30.3 Å². The van der Waals surface area contributed by atoms with Crippen LogP contribution in [0.25, 0.3) is 10.9 Å². The monoisotopic (exact) mass is 391 g/mol. The van der Waals surface area contributed by atoms with Gasteiger partial charge in [0.15, 0.2) is 6.61 Å². The van der Waals surface area contributed by atoms with Gasteiger partial charge in [-0.2, -0.15) is 0 Å². The largest absolute Gasteiger partial charge is 0.455 e. The van der Waals surface area contributed by atoms with Gasteiger partial charge in [0.05, 0.1) is 23.7 Å². The topological polar surface area (TPSA) is 81.5 Å². The van der Waals surface area contributed by atoms with E-state index in [2.05, 4.69) is 4.98 Å². The Labute approximate surface area is 167 Å². The number of rotatable bonds is 5. The molecular formula is C22H21N3O4. The number of fused-ring (bicyclic) bond motifs is 2. The van der Waals surface area contributed by atoms with Crippen molar-refractivity contribution in [3.8, 4) is 0 Å². The first kappa shape index (κ1) is 18.9. The summed E-state index contributed by atoms with van der Waals surface area (Å²) in [6.07, 6.45) is 3.24. The molecule has 0 saturated heterocycles.